The Kier molecular flexibility index (Phi) is 2.83. The van der Waals surface area contributed by atoms with E-state index in [1.807, 2.05) is 5.32 Å². The number of carbonyl (C=O) groups is 1. The zero-order valence-corrected chi connectivity index (χ0v) is 7.32. The Labute approximate surface area is 74.5 Å². The number of amides is 1. The number of alkyl halides is 3. The lowest BCUT2D eigenvalue weighted by molar-refractivity contribution is -0.174. The third-order valence-corrected chi connectivity index (χ3v) is 2.47. The number of hydrogen-bond acceptors (Lipinski definition) is 1. The summed E-state index contributed by atoms with van der Waals surface area (Å²) in [6, 6.07) is -0.358. The van der Waals surface area contributed by atoms with E-state index in [1.54, 1.807) is 6.92 Å². The van der Waals surface area contributed by atoms with Gasteiger partial charge in [0.2, 0.25) is 0 Å². The summed E-state index contributed by atoms with van der Waals surface area (Å²) in [5, 5.41) is 1.96. The first kappa shape index (κ1) is 10.3. The molecule has 0 aliphatic heterocycles. The fourth-order valence-electron chi connectivity index (χ4n) is 1.35. The molecule has 0 saturated heterocycles. The van der Waals surface area contributed by atoms with Gasteiger partial charge in [-0.05, 0) is 25.7 Å². The van der Waals surface area contributed by atoms with Crippen LogP contribution in [0, 0.1) is 5.92 Å². The first-order chi connectivity index (χ1) is 5.91. The van der Waals surface area contributed by atoms with Crippen molar-refractivity contribution >= 4 is 5.91 Å². The van der Waals surface area contributed by atoms with Crippen LogP contribution in [0.5, 0.6) is 0 Å². The van der Waals surface area contributed by atoms with Crippen molar-refractivity contribution in [2.75, 3.05) is 0 Å². The number of rotatable bonds is 2. The first-order valence-electron chi connectivity index (χ1n) is 4.29. The highest BCUT2D eigenvalue weighted by Gasteiger charge is 2.40. The molecule has 1 amide bonds. The minimum Gasteiger partial charge on any atom is -0.346 e. The van der Waals surface area contributed by atoms with Crippen molar-refractivity contribution in [1.29, 1.82) is 0 Å². The largest absolute Gasteiger partial charge is 0.471 e. The summed E-state index contributed by atoms with van der Waals surface area (Å²) in [4.78, 5) is 10.5. The van der Waals surface area contributed by atoms with Crippen LogP contribution in [0.4, 0.5) is 13.2 Å². The Hall–Kier alpha value is -0.740. The molecule has 0 aromatic heterocycles. The van der Waals surface area contributed by atoms with Crippen LogP contribution in [-0.4, -0.2) is 18.1 Å². The highest BCUT2D eigenvalue weighted by molar-refractivity contribution is 5.81. The Morgan fingerprint density at radius 1 is 1.46 bits per heavy atom. The lowest BCUT2D eigenvalue weighted by Gasteiger charge is -2.31. The molecule has 0 aromatic carbocycles. The minimum absolute atomic E-state index is 0.228. The Morgan fingerprint density at radius 3 is 2.31 bits per heavy atom. The summed E-state index contributed by atoms with van der Waals surface area (Å²) < 4.78 is 35.3. The third-order valence-electron chi connectivity index (χ3n) is 2.47. The quantitative estimate of drug-likeness (QED) is 0.715. The molecule has 0 aromatic rings. The zero-order valence-electron chi connectivity index (χ0n) is 7.32. The summed E-state index contributed by atoms with van der Waals surface area (Å²) in [6.45, 7) is 1.62. The summed E-state index contributed by atoms with van der Waals surface area (Å²) in [6.07, 6.45) is -1.87. The van der Waals surface area contributed by atoms with Gasteiger partial charge in [0.05, 0.1) is 0 Å². The van der Waals surface area contributed by atoms with Crippen molar-refractivity contribution in [3.63, 3.8) is 0 Å². The highest BCUT2D eigenvalue weighted by atomic mass is 19.4. The van der Waals surface area contributed by atoms with Gasteiger partial charge in [-0.1, -0.05) is 6.42 Å². The van der Waals surface area contributed by atoms with Gasteiger partial charge in [-0.3, -0.25) is 4.79 Å². The summed E-state index contributed by atoms with van der Waals surface area (Å²) in [5.74, 6) is -1.60. The van der Waals surface area contributed by atoms with E-state index in [2.05, 4.69) is 0 Å². The molecule has 0 spiro atoms. The predicted octanol–water partition coefficient (Wildman–Crippen LogP) is 1.85. The first-order valence-corrected chi connectivity index (χ1v) is 4.29. The zero-order chi connectivity index (χ0) is 10.1. The lowest BCUT2D eigenvalue weighted by atomic mass is 9.80. The molecule has 1 N–H and O–H groups in total. The summed E-state index contributed by atoms with van der Waals surface area (Å²) >= 11 is 0. The van der Waals surface area contributed by atoms with Gasteiger partial charge < -0.3 is 5.32 Å². The Bertz CT molecular complexity index is 198. The van der Waals surface area contributed by atoms with E-state index < -0.39 is 12.1 Å². The highest BCUT2D eigenvalue weighted by Crippen LogP contribution is 2.29. The molecule has 5 heteroatoms. The number of carbonyl (C=O) groups excluding carboxylic acids is 1. The molecule has 1 aliphatic carbocycles. The van der Waals surface area contributed by atoms with Crippen molar-refractivity contribution in [2.45, 2.75) is 38.4 Å². The molecule has 76 valence electrons. The van der Waals surface area contributed by atoms with Crippen LogP contribution in [0.3, 0.4) is 0 Å². The molecule has 2 nitrogen and oxygen atoms in total. The van der Waals surface area contributed by atoms with Gasteiger partial charge in [-0.15, -0.1) is 0 Å². The maximum Gasteiger partial charge on any atom is 0.471 e. The van der Waals surface area contributed by atoms with Gasteiger partial charge in [0, 0.05) is 6.04 Å². The molecule has 13 heavy (non-hydrogen) atoms. The Morgan fingerprint density at radius 2 is 2.00 bits per heavy atom. The van der Waals surface area contributed by atoms with E-state index in [1.165, 1.54) is 0 Å². The van der Waals surface area contributed by atoms with Crippen LogP contribution in [0.15, 0.2) is 0 Å². The van der Waals surface area contributed by atoms with Crippen LogP contribution >= 0.6 is 0 Å². The molecule has 0 unspecified atom stereocenters. The maximum absolute atomic E-state index is 11.8. The van der Waals surface area contributed by atoms with Crippen LogP contribution in [0.1, 0.15) is 26.2 Å². The SMILES string of the molecule is C[C@H](NC(=O)C(F)(F)F)C1CCC1. The average molecular weight is 195 g/mol. The second-order valence-electron chi connectivity index (χ2n) is 3.45. The smallest absolute Gasteiger partial charge is 0.346 e. The van der Waals surface area contributed by atoms with Crippen LogP contribution in [0.25, 0.3) is 0 Å². The molecular formula is C8H12F3NO. The van der Waals surface area contributed by atoms with Gasteiger partial charge in [0.15, 0.2) is 0 Å². The van der Waals surface area contributed by atoms with Crippen molar-refractivity contribution in [2.24, 2.45) is 5.92 Å². The molecular weight excluding hydrogens is 183 g/mol. The summed E-state index contributed by atoms with van der Waals surface area (Å²) in [5.41, 5.74) is 0. The third kappa shape index (κ3) is 2.60. The van der Waals surface area contributed by atoms with E-state index in [9.17, 15) is 18.0 Å². The number of nitrogens with one attached hydrogen (secondary N) is 1. The monoisotopic (exact) mass is 195 g/mol. The van der Waals surface area contributed by atoms with Gasteiger partial charge in [-0.2, -0.15) is 13.2 Å². The number of halogens is 3. The topological polar surface area (TPSA) is 29.1 Å². The van der Waals surface area contributed by atoms with Gasteiger partial charge in [0.1, 0.15) is 0 Å². The molecule has 1 aliphatic rings. The second kappa shape index (κ2) is 3.55. The fourth-order valence-corrected chi connectivity index (χ4v) is 1.35. The summed E-state index contributed by atoms with van der Waals surface area (Å²) in [7, 11) is 0. The molecule has 1 rings (SSSR count). The van der Waals surface area contributed by atoms with E-state index in [4.69, 9.17) is 0 Å². The van der Waals surface area contributed by atoms with E-state index in [0.29, 0.717) is 0 Å². The van der Waals surface area contributed by atoms with Gasteiger partial charge >= 0.3 is 12.1 Å². The normalized spacial score (nSPS) is 20.6. The fraction of sp³-hybridized carbons (Fsp3) is 0.875. The van der Waals surface area contributed by atoms with Crippen molar-refractivity contribution in [3.05, 3.63) is 0 Å². The van der Waals surface area contributed by atoms with Crippen molar-refractivity contribution < 1.29 is 18.0 Å². The van der Waals surface area contributed by atoms with Gasteiger partial charge in [-0.25, -0.2) is 0 Å². The average Bonchev–Trinajstić information content (AvgIpc) is 1.79. The molecule has 0 radical (unpaired) electrons. The molecule has 1 saturated carbocycles. The number of hydrogen-bond donors (Lipinski definition) is 1. The molecule has 0 bridgehead atoms. The predicted molar refractivity (Wildman–Crippen MR) is 41.0 cm³/mol. The van der Waals surface area contributed by atoms with E-state index in [0.717, 1.165) is 19.3 Å². The second-order valence-corrected chi connectivity index (χ2v) is 3.45. The van der Waals surface area contributed by atoms with E-state index >= 15 is 0 Å². The van der Waals surface area contributed by atoms with Crippen LogP contribution in [-0.2, 0) is 4.79 Å². The van der Waals surface area contributed by atoms with Gasteiger partial charge in [0.25, 0.3) is 0 Å². The van der Waals surface area contributed by atoms with Crippen molar-refractivity contribution in [1.82, 2.24) is 5.32 Å². The Balaban J connectivity index is 2.35. The molecule has 1 fully saturated rings. The van der Waals surface area contributed by atoms with Crippen LogP contribution < -0.4 is 5.32 Å². The molecule has 1 atom stereocenters. The standard InChI is InChI=1S/C8H12F3NO/c1-5(6-3-2-4-6)12-7(13)8(9,10)11/h5-6H,2-4H2,1H3,(H,12,13)/t5-/m0/s1. The lowest BCUT2D eigenvalue weighted by Crippen LogP contribution is -2.46. The minimum atomic E-state index is -4.75. The van der Waals surface area contributed by atoms with Crippen LogP contribution in [0.2, 0.25) is 0 Å². The van der Waals surface area contributed by atoms with E-state index in [-0.39, 0.29) is 12.0 Å². The maximum atomic E-state index is 11.8. The molecule has 0 heterocycles. The van der Waals surface area contributed by atoms with Crippen molar-refractivity contribution in [3.8, 4) is 0 Å².